The van der Waals surface area contributed by atoms with Gasteiger partial charge in [0.05, 0.1) is 0 Å². The number of hydrogen-bond acceptors (Lipinski definition) is 3. The lowest BCUT2D eigenvalue weighted by molar-refractivity contribution is 1.10. The smallest absolute Gasteiger partial charge is 0.0352 e. The molecule has 0 atom stereocenters. The van der Waals surface area contributed by atoms with Crippen LogP contribution in [0.3, 0.4) is 0 Å². The highest BCUT2D eigenvalue weighted by molar-refractivity contribution is 5.55. The van der Waals surface area contributed by atoms with Crippen molar-refractivity contribution in [3.63, 3.8) is 0 Å². The maximum atomic E-state index is 6.23. The SMILES string of the molecule is Nc1cccc(Cc2cccc(N)c2Cc2cccc(N)c2)c1. The first-order chi connectivity index (χ1) is 11.1. The molecule has 3 aromatic carbocycles. The van der Waals surface area contributed by atoms with Crippen LogP contribution >= 0.6 is 0 Å². The van der Waals surface area contributed by atoms with Gasteiger partial charge in [-0.25, -0.2) is 0 Å². The van der Waals surface area contributed by atoms with E-state index in [1.54, 1.807) is 0 Å². The minimum atomic E-state index is 0.773. The van der Waals surface area contributed by atoms with Crippen LogP contribution in [0.5, 0.6) is 0 Å². The van der Waals surface area contributed by atoms with E-state index in [1.807, 2.05) is 48.5 Å². The van der Waals surface area contributed by atoms with Gasteiger partial charge in [0.2, 0.25) is 0 Å². The molecule has 0 heterocycles. The molecule has 3 heteroatoms. The van der Waals surface area contributed by atoms with Crippen LogP contribution in [0.15, 0.2) is 66.7 Å². The van der Waals surface area contributed by atoms with Crippen LogP contribution in [0.25, 0.3) is 0 Å². The van der Waals surface area contributed by atoms with Crippen LogP contribution in [0.2, 0.25) is 0 Å². The molecule has 0 saturated carbocycles. The average molecular weight is 303 g/mol. The summed E-state index contributed by atoms with van der Waals surface area (Å²) in [7, 11) is 0. The second-order valence-corrected chi connectivity index (χ2v) is 5.83. The van der Waals surface area contributed by atoms with Crippen LogP contribution in [-0.2, 0) is 12.8 Å². The van der Waals surface area contributed by atoms with E-state index in [9.17, 15) is 0 Å². The van der Waals surface area contributed by atoms with E-state index < -0.39 is 0 Å². The summed E-state index contributed by atoms with van der Waals surface area (Å²) in [6.07, 6.45) is 1.59. The first kappa shape index (κ1) is 15.0. The van der Waals surface area contributed by atoms with Crippen molar-refractivity contribution in [2.75, 3.05) is 17.2 Å². The van der Waals surface area contributed by atoms with Crippen LogP contribution in [0.4, 0.5) is 17.1 Å². The maximum Gasteiger partial charge on any atom is 0.0352 e. The lowest BCUT2D eigenvalue weighted by Gasteiger charge is -2.13. The molecule has 0 aliphatic carbocycles. The van der Waals surface area contributed by atoms with Gasteiger partial charge >= 0.3 is 0 Å². The van der Waals surface area contributed by atoms with Crippen LogP contribution in [0, 0.1) is 0 Å². The highest BCUT2D eigenvalue weighted by atomic mass is 14.6. The summed E-state index contributed by atoms with van der Waals surface area (Å²) >= 11 is 0. The van der Waals surface area contributed by atoms with Crippen molar-refractivity contribution in [1.29, 1.82) is 0 Å². The molecule has 6 N–H and O–H groups in total. The molecular formula is C20H21N3. The molecule has 0 bridgehead atoms. The van der Waals surface area contributed by atoms with E-state index in [4.69, 9.17) is 17.2 Å². The topological polar surface area (TPSA) is 78.1 Å². The predicted octanol–water partition coefficient (Wildman–Crippen LogP) is 3.61. The van der Waals surface area contributed by atoms with E-state index in [-0.39, 0.29) is 0 Å². The lowest BCUT2D eigenvalue weighted by atomic mass is 9.93. The molecule has 3 rings (SSSR count). The van der Waals surface area contributed by atoms with Gasteiger partial charge < -0.3 is 17.2 Å². The normalized spacial score (nSPS) is 10.6. The summed E-state index contributed by atoms with van der Waals surface area (Å²) in [6.45, 7) is 0. The molecule has 0 saturated heterocycles. The van der Waals surface area contributed by atoms with Gasteiger partial charge in [-0.2, -0.15) is 0 Å². The Morgan fingerprint density at radius 2 is 1.17 bits per heavy atom. The molecule has 0 unspecified atom stereocenters. The summed E-state index contributed by atoms with van der Waals surface area (Å²) in [5, 5.41) is 0. The molecule has 116 valence electrons. The van der Waals surface area contributed by atoms with Gasteiger partial charge in [-0.15, -0.1) is 0 Å². The fourth-order valence-electron chi connectivity index (χ4n) is 2.87. The highest BCUT2D eigenvalue weighted by Crippen LogP contribution is 2.24. The monoisotopic (exact) mass is 303 g/mol. The zero-order valence-electron chi connectivity index (χ0n) is 13.0. The molecule has 0 spiro atoms. The van der Waals surface area contributed by atoms with E-state index in [1.165, 1.54) is 11.1 Å². The molecule has 0 fully saturated rings. The fraction of sp³-hybridized carbons (Fsp3) is 0.100. The number of anilines is 3. The fourth-order valence-corrected chi connectivity index (χ4v) is 2.87. The third-order valence-corrected chi connectivity index (χ3v) is 3.99. The van der Waals surface area contributed by atoms with Crippen molar-refractivity contribution in [2.45, 2.75) is 12.8 Å². The van der Waals surface area contributed by atoms with Gasteiger partial charge in [0, 0.05) is 17.1 Å². The highest BCUT2D eigenvalue weighted by Gasteiger charge is 2.09. The van der Waals surface area contributed by atoms with Gasteiger partial charge in [-0.05, 0) is 65.4 Å². The van der Waals surface area contributed by atoms with Crippen molar-refractivity contribution >= 4 is 17.1 Å². The molecule has 23 heavy (non-hydrogen) atoms. The van der Waals surface area contributed by atoms with Crippen LogP contribution in [0.1, 0.15) is 22.3 Å². The standard InChI is InChI=1S/C20H21N3/c21-17-7-1-4-14(11-17)10-16-6-3-9-20(23)19(16)13-15-5-2-8-18(22)12-15/h1-9,11-12H,10,13,21-23H2. The van der Waals surface area contributed by atoms with Gasteiger partial charge in [0.1, 0.15) is 0 Å². The second kappa shape index (κ2) is 6.44. The van der Waals surface area contributed by atoms with Crippen molar-refractivity contribution < 1.29 is 0 Å². The van der Waals surface area contributed by atoms with Gasteiger partial charge in [0.15, 0.2) is 0 Å². The predicted molar refractivity (Wildman–Crippen MR) is 98.2 cm³/mol. The Kier molecular flexibility index (Phi) is 4.20. The van der Waals surface area contributed by atoms with Crippen LogP contribution in [-0.4, -0.2) is 0 Å². The van der Waals surface area contributed by atoms with Gasteiger partial charge in [-0.3, -0.25) is 0 Å². The number of hydrogen-bond donors (Lipinski definition) is 3. The first-order valence-electron chi connectivity index (χ1n) is 7.67. The molecule has 0 aliphatic heterocycles. The Morgan fingerprint density at radius 1 is 0.609 bits per heavy atom. The van der Waals surface area contributed by atoms with E-state index in [0.29, 0.717) is 0 Å². The summed E-state index contributed by atoms with van der Waals surface area (Å²) in [6, 6.07) is 22.0. The molecule has 0 amide bonds. The summed E-state index contributed by atoms with van der Waals surface area (Å²) < 4.78 is 0. The third kappa shape index (κ3) is 3.64. The zero-order valence-corrected chi connectivity index (χ0v) is 13.0. The Labute approximate surface area is 136 Å². The van der Waals surface area contributed by atoms with Gasteiger partial charge in [-0.1, -0.05) is 36.4 Å². The summed E-state index contributed by atoms with van der Waals surface area (Å²) in [5.41, 5.74) is 25.1. The number of benzene rings is 3. The van der Waals surface area contributed by atoms with Crippen molar-refractivity contribution in [3.05, 3.63) is 89.0 Å². The summed E-state index contributed by atoms with van der Waals surface area (Å²) in [4.78, 5) is 0. The molecular weight excluding hydrogens is 282 g/mol. The quantitative estimate of drug-likeness (QED) is 0.644. The summed E-state index contributed by atoms with van der Waals surface area (Å²) in [5.74, 6) is 0. The van der Waals surface area contributed by atoms with Crippen molar-refractivity contribution in [2.24, 2.45) is 0 Å². The zero-order chi connectivity index (χ0) is 16.2. The third-order valence-electron chi connectivity index (χ3n) is 3.99. The second-order valence-electron chi connectivity index (χ2n) is 5.83. The van der Waals surface area contributed by atoms with Crippen molar-refractivity contribution in [1.82, 2.24) is 0 Å². The lowest BCUT2D eigenvalue weighted by Crippen LogP contribution is -2.03. The molecule has 0 aromatic heterocycles. The molecule has 0 aliphatic rings. The Bertz CT molecular complexity index is 825. The Balaban J connectivity index is 1.93. The number of rotatable bonds is 4. The minimum Gasteiger partial charge on any atom is -0.399 e. The number of nitrogens with two attached hydrogens (primary N) is 3. The maximum absolute atomic E-state index is 6.23. The minimum absolute atomic E-state index is 0.773. The van der Waals surface area contributed by atoms with E-state index >= 15 is 0 Å². The van der Waals surface area contributed by atoms with E-state index in [0.717, 1.165) is 41.0 Å². The largest absolute Gasteiger partial charge is 0.399 e. The van der Waals surface area contributed by atoms with Gasteiger partial charge in [0.25, 0.3) is 0 Å². The Hall–Kier alpha value is -2.94. The molecule has 0 radical (unpaired) electrons. The van der Waals surface area contributed by atoms with E-state index in [2.05, 4.69) is 18.2 Å². The number of nitrogen functional groups attached to an aromatic ring is 3. The molecule has 3 nitrogen and oxygen atoms in total. The Morgan fingerprint density at radius 3 is 1.78 bits per heavy atom. The first-order valence-corrected chi connectivity index (χ1v) is 7.67. The average Bonchev–Trinajstić information content (AvgIpc) is 2.51. The van der Waals surface area contributed by atoms with Crippen molar-refractivity contribution in [3.8, 4) is 0 Å². The van der Waals surface area contributed by atoms with Crippen LogP contribution < -0.4 is 17.2 Å². The molecule has 3 aromatic rings.